The van der Waals surface area contributed by atoms with E-state index in [-0.39, 0.29) is 11.3 Å². The van der Waals surface area contributed by atoms with Crippen molar-refractivity contribution in [2.45, 2.75) is 39.3 Å². The third kappa shape index (κ3) is 3.05. The third-order valence-corrected chi connectivity index (χ3v) is 6.13. The lowest BCUT2D eigenvalue weighted by Gasteiger charge is -2.27. The fourth-order valence-electron chi connectivity index (χ4n) is 3.14. The number of thiophene rings is 1. The fraction of sp³-hybridized carbons (Fsp3) is 0.350. The van der Waals surface area contributed by atoms with Crippen LogP contribution < -0.4 is 0 Å². The number of hydrogen-bond donors (Lipinski definition) is 0. The average molecular weight is 366 g/mol. The molecule has 0 spiro atoms. The molecule has 1 aromatic carbocycles. The van der Waals surface area contributed by atoms with E-state index in [4.69, 9.17) is 0 Å². The predicted octanol–water partition coefficient (Wildman–Crippen LogP) is 3.96. The summed E-state index contributed by atoms with van der Waals surface area (Å²) in [6, 6.07) is 14.1. The second-order valence-corrected chi connectivity index (χ2v) is 8.68. The molecule has 6 heteroatoms. The molecule has 0 N–H and O–H groups in total. The molecule has 0 unspecified atom stereocenters. The Kier molecular flexibility index (Phi) is 4.15. The molecule has 0 atom stereocenters. The Labute approximate surface area is 157 Å². The Bertz CT molecular complexity index is 936. The monoisotopic (exact) mass is 366 g/mol. The molecule has 1 amide bonds. The molecule has 3 aromatic rings. The highest BCUT2D eigenvalue weighted by Crippen LogP contribution is 2.31. The molecular formula is C20H22N4OS. The Morgan fingerprint density at radius 2 is 1.81 bits per heavy atom. The molecule has 0 bridgehead atoms. The molecule has 0 aliphatic carbocycles. The van der Waals surface area contributed by atoms with Crippen molar-refractivity contribution >= 4 is 17.2 Å². The van der Waals surface area contributed by atoms with Crippen LogP contribution in [-0.4, -0.2) is 32.1 Å². The van der Waals surface area contributed by atoms with Crippen LogP contribution in [0, 0.1) is 0 Å². The van der Waals surface area contributed by atoms with Gasteiger partial charge in [-0.25, -0.2) is 0 Å². The van der Waals surface area contributed by atoms with Crippen molar-refractivity contribution < 1.29 is 4.79 Å². The maximum atomic E-state index is 12.9. The van der Waals surface area contributed by atoms with Gasteiger partial charge in [0, 0.05) is 23.5 Å². The lowest BCUT2D eigenvalue weighted by molar-refractivity contribution is 0.0713. The van der Waals surface area contributed by atoms with E-state index >= 15 is 0 Å². The zero-order valence-electron chi connectivity index (χ0n) is 15.3. The SMILES string of the molecule is CC(C)(C)c1ccc(C(=O)N2CCn3c(nnc3-c3ccccc3)C2)s1. The van der Waals surface area contributed by atoms with Crippen molar-refractivity contribution in [3.05, 3.63) is 58.0 Å². The van der Waals surface area contributed by atoms with Gasteiger partial charge in [0.05, 0.1) is 11.4 Å². The molecule has 1 aliphatic heterocycles. The summed E-state index contributed by atoms with van der Waals surface area (Å²) in [5, 5.41) is 8.67. The summed E-state index contributed by atoms with van der Waals surface area (Å²) in [5.74, 6) is 1.80. The fourth-order valence-corrected chi connectivity index (χ4v) is 4.18. The molecule has 4 rings (SSSR count). The molecule has 5 nitrogen and oxygen atoms in total. The summed E-state index contributed by atoms with van der Waals surface area (Å²) in [6.07, 6.45) is 0. The van der Waals surface area contributed by atoms with E-state index in [1.807, 2.05) is 41.3 Å². The summed E-state index contributed by atoms with van der Waals surface area (Å²) in [5.41, 5.74) is 1.12. The van der Waals surface area contributed by atoms with Gasteiger partial charge in [-0.2, -0.15) is 0 Å². The number of benzene rings is 1. The predicted molar refractivity (Wildman–Crippen MR) is 103 cm³/mol. The molecule has 0 saturated carbocycles. The maximum Gasteiger partial charge on any atom is 0.264 e. The minimum Gasteiger partial charge on any atom is -0.329 e. The quantitative estimate of drug-likeness (QED) is 0.690. The summed E-state index contributed by atoms with van der Waals surface area (Å²) >= 11 is 1.59. The summed E-state index contributed by atoms with van der Waals surface area (Å²) in [6.45, 7) is 8.40. The number of nitrogens with zero attached hydrogens (tertiary/aromatic N) is 4. The number of fused-ring (bicyclic) bond motifs is 1. The number of rotatable bonds is 2. The molecule has 0 saturated heterocycles. The number of hydrogen-bond acceptors (Lipinski definition) is 4. The van der Waals surface area contributed by atoms with Gasteiger partial charge in [-0.3, -0.25) is 4.79 Å². The smallest absolute Gasteiger partial charge is 0.264 e. The first kappa shape index (κ1) is 17.0. The van der Waals surface area contributed by atoms with Gasteiger partial charge in [0.15, 0.2) is 11.6 Å². The minimum atomic E-state index is 0.0653. The Morgan fingerprint density at radius 1 is 1.04 bits per heavy atom. The molecule has 26 heavy (non-hydrogen) atoms. The van der Waals surface area contributed by atoms with Gasteiger partial charge in [0.1, 0.15) is 0 Å². The van der Waals surface area contributed by atoms with E-state index in [0.29, 0.717) is 13.1 Å². The van der Waals surface area contributed by atoms with Gasteiger partial charge in [-0.1, -0.05) is 51.1 Å². The van der Waals surface area contributed by atoms with Crippen LogP contribution in [0.4, 0.5) is 0 Å². The molecule has 134 valence electrons. The van der Waals surface area contributed by atoms with Crippen molar-refractivity contribution in [3.63, 3.8) is 0 Å². The van der Waals surface area contributed by atoms with Crippen molar-refractivity contribution in [1.29, 1.82) is 0 Å². The van der Waals surface area contributed by atoms with Crippen molar-refractivity contribution in [2.24, 2.45) is 0 Å². The van der Waals surface area contributed by atoms with Crippen LogP contribution in [0.15, 0.2) is 42.5 Å². The van der Waals surface area contributed by atoms with Gasteiger partial charge < -0.3 is 9.47 Å². The van der Waals surface area contributed by atoms with E-state index in [0.717, 1.165) is 28.6 Å². The second kappa shape index (κ2) is 6.36. The van der Waals surface area contributed by atoms with E-state index in [1.54, 1.807) is 11.3 Å². The van der Waals surface area contributed by atoms with E-state index in [9.17, 15) is 4.79 Å². The number of aromatic nitrogens is 3. The Balaban J connectivity index is 1.55. The highest BCUT2D eigenvalue weighted by atomic mass is 32.1. The van der Waals surface area contributed by atoms with Crippen LogP contribution >= 0.6 is 11.3 Å². The van der Waals surface area contributed by atoms with Gasteiger partial charge in [0.2, 0.25) is 0 Å². The van der Waals surface area contributed by atoms with Crippen LogP contribution in [-0.2, 0) is 18.5 Å². The first-order chi connectivity index (χ1) is 12.4. The van der Waals surface area contributed by atoms with Gasteiger partial charge >= 0.3 is 0 Å². The molecule has 1 aliphatic rings. The summed E-state index contributed by atoms with van der Waals surface area (Å²) in [4.78, 5) is 16.8. The highest BCUT2D eigenvalue weighted by Gasteiger charge is 2.27. The summed E-state index contributed by atoms with van der Waals surface area (Å²) < 4.78 is 2.12. The topological polar surface area (TPSA) is 51.0 Å². The molecule has 0 fully saturated rings. The lowest BCUT2D eigenvalue weighted by Crippen LogP contribution is -2.38. The largest absolute Gasteiger partial charge is 0.329 e. The lowest BCUT2D eigenvalue weighted by atomic mass is 9.95. The molecular weight excluding hydrogens is 344 g/mol. The standard InChI is InChI=1S/C20H22N4OS/c1-20(2,3)16-10-9-15(26-16)19(25)23-11-12-24-17(13-23)21-22-18(24)14-7-5-4-6-8-14/h4-10H,11-13H2,1-3H3. The van der Waals surface area contributed by atoms with Crippen LogP contribution in [0.1, 0.15) is 41.1 Å². The minimum absolute atomic E-state index is 0.0653. The Hall–Kier alpha value is -2.47. The van der Waals surface area contributed by atoms with Crippen molar-refractivity contribution in [2.75, 3.05) is 6.54 Å². The molecule has 3 heterocycles. The first-order valence-corrected chi connectivity index (χ1v) is 9.62. The highest BCUT2D eigenvalue weighted by molar-refractivity contribution is 7.14. The normalized spacial score (nSPS) is 14.3. The van der Waals surface area contributed by atoms with E-state index in [2.05, 4.69) is 41.6 Å². The number of carbonyl (C=O) groups is 1. The average Bonchev–Trinajstić information content (AvgIpc) is 3.28. The van der Waals surface area contributed by atoms with Crippen LogP contribution in [0.25, 0.3) is 11.4 Å². The van der Waals surface area contributed by atoms with E-state index < -0.39 is 0 Å². The summed E-state index contributed by atoms with van der Waals surface area (Å²) in [7, 11) is 0. The van der Waals surface area contributed by atoms with Gasteiger partial charge in [-0.15, -0.1) is 21.5 Å². The third-order valence-electron chi connectivity index (χ3n) is 4.63. The van der Waals surface area contributed by atoms with Crippen LogP contribution in [0.5, 0.6) is 0 Å². The zero-order valence-corrected chi connectivity index (χ0v) is 16.1. The van der Waals surface area contributed by atoms with Crippen LogP contribution in [0.2, 0.25) is 0 Å². The molecule has 2 aromatic heterocycles. The first-order valence-electron chi connectivity index (χ1n) is 8.80. The maximum absolute atomic E-state index is 12.9. The molecule has 0 radical (unpaired) electrons. The Morgan fingerprint density at radius 3 is 2.50 bits per heavy atom. The van der Waals surface area contributed by atoms with Gasteiger partial charge in [0.25, 0.3) is 5.91 Å². The van der Waals surface area contributed by atoms with Crippen molar-refractivity contribution in [3.8, 4) is 11.4 Å². The van der Waals surface area contributed by atoms with E-state index in [1.165, 1.54) is 4.88 Å². The van der Waals surface area contributed by atoms with Crippen molar-refractivity contribution in [1.82, 2.24) is 19.7 Å². The zero-order chi connectivity index (χ0) is 18.3. The number of carbonyl (C=O) groups excluding carboxylic acids is 1. The second-order valence-electron chi connectivity index (χ2n) is 7.60. The number of amides is 1. The van der Waals surface area contributed by atoms with Gasteiger partial charge in [-0.05, 0) is 17.5 Å². The van der Waals surface area contributed by atoms with Crippen LogP contribution in [0.3, 0.4) is 0 Å².